The lowest BCUT2D eigenvalue weighted by Crippen LogP contribution is -2.14. The van der Waals surface area contributed by atoms with Gasteiger partial charge < -0.3 is 15.2 Å². The van der Waals surface area contributed by atoms with Crippen molar-refractivity contribution in [3.05, 3.63) is 48.2 Å². The predicted octanol–water partition coefficient (Wildman–Crippen LogP) is 1.48. The highest BCUT2D eigenvalue weighted by atomic mass is 16.5. The van der Waals surface area contributed by atoms with Crippen LogP contribution in [-0.2, 0) is 9.47 Å². The van der Waals surface area contributed by atoms with Gasteiger partial charge in [0, 0.05) is 10.9 Å². The molecule has 3 N–H and O–H groups in total. The monoisotopic (exact) mass is 243 g/mol. The van der Waals surface area contributed by atoms with Gasteiger partial charge in [0.2, 0.25) is 5.91 Å². The van der Waals surface area contributed by atoms with Crippen LogP contribution in [0.2, 0.25) is 0 Å². The Morgan fingerprint density at radius 2 is 2.22 bits per heavy atom. The lowest BCUT2D eigenvalue weighted by Gasteiger charge is -2.13. The minimum absolute atomic E-state index is 0.356. The predicted molar refractivity (Wildman–Crippen MR) is 63.9 cm³/mol. The number of nitrogens with one attached hydrogen (secondary N) is 1. The Morgan fingerprint density at radius 1 is 1.33 bits per heavy atom. The Morgan fingerprint density at radius 3 is 2.94 bits per heavy atom. The van der Waals surface area contributed by atoms with Crippen LogP contribution in [0.5, 0.6) is 0 Å². The van der Waals surface area contributed by atoms with Gasteiger partial charge in [0.25, 0.3) is 0 Å². The van der Waals surface area contributed by atoms with Crippen LogP contribution in [-0.4, -0.2) is 16.1 Å². The summed E-state index contributed by atoms with van der Waals surface area (Å²) < 4.78 is 10.4. The summed E-state index contributed by atoms with van der Waals surface area (Å²) in [5.41, 5.74) is 7.08. The molecule has 1 aliphatic heterocycles. The standard InChI is InChI=1S/C12H9N3O3/c13-12(16)7-1-2-9-8(5-14-15-9)11(7)10-6-17-3-4-18-10/h1-6H,(H2,13,16)(H,14,15). The minimum Gasteiger partial charge on any atom is -0.465 e. The number of rotatable bonds is 2. The van der Waals surface area contributed by atoms with Gasteiger partial charge >= 0.3 is 0 Å². The normalized spacial score (nSPS) is 13.9. The van der Waals surface area contributed by atoms with E-state index in [0.717, 1.165) is 10.9 Å². The number of amides is 1. The van der Waals surface area contributed by atoms with Crippen LogP contribution < -0.4 is 5.73 Å². The molecule has 0 spiro atoms. The lowest BCUT2D eigenvalue weighted by atomic mass is 10.0. The Balaban J connectivity index is 2.28. The number of aromatic nitrogens is 2. The first-order valence-electron chi connectivity index (χ1n) is 5.21. The molecule has 0 fully saturated rings. The van der Waals surface area contributed by atoms with Gasteiger partial charge in [-0.2, -0.15) is 5.10 Å². The van der Waals surface area contributed by atoms with Gasteiger partial charge in [0.15, 0.2) is 5.76 Å². The zero-order valence-electron chi connectivity index (χ0n) is 9.21. The van der Waals surface area contributed by atoms with E-state index in [4.69, 9.17) is 15.2 Å². The second kappa shape index (κ2) is 3.92. The van der Waals surface area contributed by atoms with Crippen LogP contribution in [0.25, 0.3) is 16.7 Å². The van der Waals surface area contributed by atoms with Crippen molar-refractivity contribution in [2.75, 3.05) is 0 Å². The van der Waals surface area contributed by atoms with Gasteiger partial charge in [-0.3, -0.25) is 9.89 Å². The van der Waals surface area contributed by atoms with Gasteiger partial charge in [-0.15, -0.1) is 0 Å². The number of ether oxygens (including phenoxy) is 2. The van der Waals surface area contributed by atoms with E-state index in [0.29, 0.717) is 16.9 Å². The van der Waals surface area contributed by atoms with E-state index in [9.17, 15) is 4.79 Å². The molecule has 0 saturated heterocycles. The van der Waals surface area contributed by atoms with Crippen molar-refractivity contribution in [2.45, 2.75) is 0 Å². The summed E-state index contributed by atoms with van der Waals surface area (Å²) in [7, 11) is 0. The Kier molecular flexibility index (Phi) is 2.26. The molecular formula is C12H9N3O3. The SMILES string of the molecule is NC(=O)c1ccc2[nH]ncc2c1C1=COC=CO1. The summed E-state index contributed by atoms with van der Waals surface area (Å²) in [6, 6.07) is 3.37. The average Bonchev–Trinajstić information content (AvgIpc) is 2.86. The molecule has 6 heteroatoms. The van der Waals surface area contributed by atoms with Crippen molar-refractivity contribution in [1.29, 1.82) is 0 Å². The van der Waals surface area contributed by atoms with E-state index in [-0.39, 0.29) is 0 Å². The highest BCUT2D eigenvalue weighted by molar-refractivity contribution is 6.04. The Hall–Kier alpha value is -2.76. The van der Waals surface area contributed by atoms with E-state index in [1.54, 1.807) is 18.3 Å². The van der Waals surface area contributed by atoms with Crippen molar-refractivity contribution in [3.8, 4) is 0 Å². The average molecular weight is 243 g/mol. The number of H-pyrrole nitrogens is 1. The second-order valence-corrected chi connectivity index (χ2v) is 3.69. The van der Waals surface area contributed by atoms with E-state index in [2.05, 4.69) is 10.2 Å². The minimum atomic E-state index is -0.535. The number of primary amides is 1. The molecule has 1 aliphatic rings. The quantitative estimate of drug-likeness (QED) is 0.835. The van der Waals surface area contributed by atoms with Gasteiger partial charge in [0.05, 0.1) is 17.3 Å². The molecule has 0 atom stereocenters. The molecule has 0 bridgehead atoms. The molecule has 0 aliphatic carbocycles. The fraction of sp³-hybridized carbons (Fsp3) is 0. The highest BCUT2D eigenvalue weighted by Crippen LogP contribution is 2.29. The zero-order valence-corrected chi connectivity index (χ0v) is 9.21. The molecule has 2 aromatic rings. The Labute approximate surface area is 102 Å². The van der Waals surface area contributed by atoms with Crippen molar-refractivity contribution in [3.63, 3.8) is 0 Å². The number of aromatic amines is 1. The summed E-state index contributed by atoms with van der Waals surface area (Å²) in [5.74, 6) is -0.120. The molecule has 90 valence electrons. The van der Waals surface area contributed by atoms with E-state index >= 15 is 0 Å². The molecule has 0 radical (unpaired) electrons. The van der Waals surface area contributed by atoms with Crippen LogP contribution in [0.1, 0.15) is 15.9 Å². The van der Waals surface area contributed by atoms with E-state index in [1.807, 2.05) is 0 Å². The fourth-order valence-electron chi connectivity index (χ4n) is 1.87. The molecule has 1 aromatic carbocycles. The van der Waals surface area contributed by atoms with E-state index in [1.165, 1.54) is 18.8 Å². The molecule has 1 amide bonds. The molecule has 0 saturated carbocycles. The smallest absolute Gasteiger partial charge is 0.249 e. The number of carbonyl (C=O) groups excluding carboxylic acids is 1. The molecule has 0 unspecified atom stereocenters. The first kappa shape index (κ1) is 10.4. The summed E-state index contributed by atoms with van der Waals surface area (Å²) >= 11 is 0. The van der Waals surface area contributed by atoms with Crippen molar-refractivity contribution >= 4 is 22.6 Å². The number of hydrogen-bond acceptors (Lipinski definition) is 4. The van der Waals surface area contributed by atoms with Crippen LogP contribution in [0.15, 0.2) is 37.1 Å². The van der Waals surface area contributed by atoms with Gasteiger partial charge in [-0.1, -0.05) is 0 Å². The molecule has 18 heavy (non-hydrogen) atoms. The third-order valence-electron chi connectivity index (χ3n) is 2.64. The third-order valence-corrected chi connectivity index (χ3v) is 2.64. The maximum Gasteiger partial charge on any atom is 0.249 e. The fourth-order valence-corrected chi connectivity index (χ4v) is 1.87. The van der Waals surface area contributed by atoms with Crippen LogP contribution in [0.4, 0.5) is 0 Å². The van der Waals surface area contributed by atoms with Crippen LogP contribution in [0.3, 0.4) is 0 Å². The number of carbonyl (C=O) groups is 1. The molecule has 1 aromatic heterocycles. The number of fused-ring (bicyclic) bond motifs is 1. The van der Waals surface area contributed by atoms with Gasteiger partial charge in [0.1, 0.15) is 18.8 Å². The Bertz CT molecular complexity index is 685. The summed E-state index contributed by atoms with van der Waals surface area (Å²) in [4.78, 5) is 11.5. The number of hydrogen-bond donors (Lipinski definition) is 2. The molecular weight excluding hydrogens is 234 g/mol. The largest absolute Gasteiger partial charge is 0.465 e. The van der Waals surface area contributed by atoms with Crippen molar-refractivity contribution in [1.82, 2.24) is 10.2 Å². The van der Waals surface area contributed by atoms with E-state index < -0.39 is 5.91 Å². The zero-order chi connectivity index (χ0) is 12.5. The maximum atomic E-state index is 11.5. The van der Waals surface area contributed by atoms with Crippen molar-refractivity contribution < 1.29 is 14.3 Å². The summed E-state index contributed by atoms with van der Waals surface area (Å²) in [6.07, 6.45) is 5.80. The van der Waals surface area contributed by atoms with Crippen LogP contribution >= 0.6 is 0 Å². The van der Waals surface area contributed by atoms with Crippen molar-refractivity contribution in [2.24, 2.45) is 5.73 Å². The molecule has 3 rings (SSSR count). The lowest BCUT2D eigenvalue weighted by molar-refractivity contribution is 0.0999. The third kappa shape index (κ3) is 1.51. The number of nitrogens with zero attached hydrogens (tertiary/aromatic N) is 1. The molecule has 2 heterocycles. The van der Waals surface area contributed by atoms with Gasteiger partial charge in [-0.25, -0.2) is 0 Å². The number of nitrogens with two attached hydrogens (primary N) is 1. The maximum absolute atomic E-state index is 11.5. The second-order valence-electron chi connectivity index (χ2n) is 3.69. The number of benzene rings is 1. The first-order valence-corrected chi connectivity index (χ1v) is 5.21. The van der Waals surface area contributed by atoms with Crippen LogP contribution in [0, 0.1) is 0 Å². The summed E-state index contributed by atoms with van der Waals surface area (Å²) in [6.45, 7) is 0. The molecule has 6 nitrogen and oxygen atoms in total. The first-order chi connectivity index (χ1) is 8.77. The van der Waals surface area contributed by atoms with Gasteiger partial charge in [-0.05, 0) is 12.1 Å². The summed E-state index contributed by atoms with van der Waals surface area (Å²) in [5, 5.41) is 7.51. The highest BCUT2D eigenvalue weighted by Gasteiger charge is 2.19. The topological polar surface area (TPSA) is 90.2 Å².